The average Bonchev–Trinajstić information content (AvgIpc) is 3.21. The van der Waals surface area contributed by atoms with Crippen LogP contribution in [0, 0.1) is 5.92 Å². The number of likely N-dealkylation sites (N-methyl/N-ethyl adjacent to an activating group) is 1. The highest BCUT2D eigenvalue weighted by Crippen LogP contribution is 2.37. The Morgan fingerprint density at radius 1 is 1.19 bits per heavy atom. The van der Waals surface area contributed by atoms with Gasteiger partial charge in [-0.1, -0.05) is 37.6 Å². The molecule has 0 bridgehead atoms. The predicted octanol–water partition coefficient (Wildman–Crippen LogP) is 5.08. The lowest BCUT2D eigenvalue weighted by Crippen LogP contribution is -2.37. The molecule has 7 nitrogen and oxygen atoms in total. The van der Waals surface area contributed by atoms with Crippen LogP contribution >= 0.6 is 27.5 Å². The summed E-state index contributed by atoms with van der Waals surface area (Å²) in [5.41, 5.74) is 1.96. The minimum Gasteiger partial charge on any atom is -0.372 e. The maximum Gasteiger partial charge on any atom is 0.161 e. The van der Waals surface area contributed by atoms with Crippen LogP contribution in [-0.4, -0.2) is 64.4 Å². The smallest absolute Gasteiger partial charge is 0.161 e. The minimum absolute atomic E-state index is 0.0658. The number of ether oxygens (including phenoxy) is 1. The normalized spacial score (nSPS) is 16.2. The summed E-state index contributed by atoms with van der Waals surface area (Å²) in [5, 5.41) is 8.88. The number of anilines is 1. The van der Waals surface area contributed by atoms with E-state index < -0.39 is 0 Å². The van der Waals surface area contributed by atoms with Gasteiger partial charge in [-0.15, -0.1) is 0 Å². The van der Waals surface area contributed by atoms with E-state index in [1.165, 1.54) is 5.56 Å². The maximum absolute atomic E-state index is 6.51. The Labute approximate surface area is 202 Å². The lowest BCUT2D eigenvalue weighted by molar-refractivity contribution is -0.00629. The number of aromatic nitrogens is 4. The number of hydrogen-bond donors (Lipinski definition) is 1. The molecule has 0 saturated carbocycles. The van der Waals surface area contributed by atoms with Crippen molar-refractivity contribution < 1.29 is 4.74 Å². The molecule has 32 heavy (non-hydrogen) atoms. The zero-order valence-corrected chi connectivity index (χ0v) is 20.9. The van der Waals surface area contributed by atoms with E-state index in [0.717, 1.165) is 78.6 Å². The monoisotopic (exact) mass is 520 g/mol. The van der Waals surface area contributed by atoms with E-state index in [1.807, 2.05) is 12.1 Å². The number of aromatic amines is 1. The minimum atomic E-state index is 0.0658. The van der Waals surface area contributed by atoms with Crippen molar-refractivity contribution >= 4 is 44.4 Å². The van der Waals surface area contributed by atoms with Gasteiger partial charge in [-0.2, -0.15) is 5.10 Å². The van der Waals surface area contributed by atoms with Crippen LogP contribution in [0.4, 0.5) is 5.82 Å². The van der Waals surface area contributed by atoms with Crippen molar-refractivity contribution in [1.29, 1.82) is 0 Å². The van der Waals surface area contributed by atoms with Gasteiger partial charge >= 0.3 is 0 Å². The third-order valence-corrected chi connectivity index (χ3v) is 7.18. The Balaban J connectivity index is 1.46. The molecule has 1 saturated heterocycles. The predicted molar refractivity (Wildman–Crippen MR) is 132 cm³/mol. The highest BCUT2D eigenvalue weighted by Gasteiger charge is 2.30. The molecular weight excluding hydrogens is 492 g/mol. The van der Waals surface area contributed by atoms with Crippen LogP contribution in [-0.2, 0) is 4.74 Å². The first-order chi connectivity index (χ1) is 15.6. The molecule has 0 amide bonds. The van der Waals surface area contributed by atoms with Crippen LogP contribution in [0.2, 0.25) is 5.02 Å². The summed E-state index contributed by atoms with van der Waals surface area (Å²) in [4.78, 5) is 13.6. The molecule has 0 aliphatic carbocycles. The van der Waals surface area contributed by atoms with E-state index in [4.69, 9.17) is 16.3 Å². The van der Waals surface area contributed by atoms with E-state index in [0.29, 0.717) is 5.92 Å². The largest absolute Gasteiger partial charge is 0.372 e. The van der Waals surface area contributed by atoms with E-state index >= 15 is 0 Å². The van der Waals surface area contributed by atoms with Gasteiger partial charge in [0.15, 0.2) is 5.65 Å². The standard InChI is InChI=1S/C23H30BrClN6O/c1-3-30(4-2)13-14-32-20(16-5-7-18(25)8-6-16)17-9-11-31(12-10-17)23-19-21(24)28-29-22(19)26-15-27-23/h5-8,15,17,20H,3-4,9-14H2,1-2H3,(H,26,27,28,29)/t20-/m0/s1. The topological polar surface area (TPSA) is 70.2 Å². The van der Waals surface area contributed by atoms with E-state index in [-0.39, 0.29) is 6.10 Å². The molecule has 1 fully saturated rings. The molecule has 0 spiro atoms. The third kappa shape index (κ3) is 5.25. The van der Waals surface area contributed by atoms with E-state index in [2.05, 4.69) is 71.9 Å². The molecule has 172 valence electrons. The molecule has 1 aromatic carbocycles. The van der Waals surface area contributed by atoms with Crippen LogP contribution in [0.3, 0.4) is 0 Å². The van der Waals surface area contributed by atoms with Crippen molar-refractivity contribution in [2.45, 2.75) is 32.8 Å². The maximum atomic E-state index is 6.51. The van der Waals surface area contributed by atoms with Crippen molar-refractivity contribution in [2.75, 3.05) is 44.2 Å². The number of rotatable bonds is 9. The summed E-state index contributed by atoms with van der Waals surface area (Å²) in [6, 6.07) is 8.13. The van der Waals surface area contributed by atoms with Gasteiger partial charge in [-0.25, -0.2) is 9.97 Å². The molecule has 9 heteroatoms. The van der Waals surface area contributed by atoms with Crippen molar-refractivity contribution in [1.82, 2.24) is 25.1 Å². The second-order valence-electron chi connectivity index (χ2n) is 8.13. The van der Waals surface area contributed by atoms with Crippen LogP contribution < -0.4 is 4.90 Å². The van der Waals surface area contributed by atoms with Gasteiger partial charge in [0, 0.05) is 24.7 Å². The second kappa shape index (κ2) is 10.9. The summed E-state index contributed by atoms with van der Waals surface area (Å²) >= 11 is 9.67. The molecule has 1 aliphatic heterocycles. The van der Waals surface area contributed by atoms with Gasteiger partial charge in [0.25, 0.3) is 0 Å². The van der Waals surface area contributed by atoms with Crippen LogP contribution in [0.15, 0.2) is 35.2 Å². The highest BCUT2D eigenvalue weighted by molar-refractivity contribution is 9.10. The Bertz CT molecular complexity index is 1000. The molecule has 0 radical (unpaired) electrons. The first kappa shape index (κ1) is 23.4. The molecule has 4 rings (SSSR count). The number of nitrogens with zero attached hydrogens (tertiary/aromatic N) is 5. The lowest BCUT2D eigenvalue weighted by atomic mass is 9.87. The fourth-order valence-corrected chi connectivity index (χ4v) is 5.05. The molecule has 1 N–H and O–H groups in total. The Morgan fingerprint density at radius 3 is 2.59 bits per heavy atom. The Kier molecular flexibility index (Phi) is 7.99. The number of benzene rings is 1. The number of nitrogens with one attached hydrogen (secondary N) is 1. The van der Waals surface area contributed by atoms with Crippen molar-refractivity contribution in [3.63, 3.8) is 0 Å². The zero-order chi connectivity index (χ0) is 22.5. The molecule has 2 aromatic heterocycles. The third-order valence-electron chi connectivity index (χ3n) is 6.36. The number of halogens is 2. The number of hydrogen-bond acceptors (Lipinski definition) is 6. The zero-order valence-electron chi connectivity index (χ0n) is 18.6. The number of H-pyrrole nitrogens is 1. The van der Waals surface area contributed by atoms with Crippen LogP contribution in [0.1, 0.15) is 38.4 Å². The van der Waals surface area contributed by atoms with Crippen LogP contribution in [0.5, 0.6) is 0 Å². The highest BCUT2D eigenvalue weighted by atomic mass is 79.9. The van der Waals surface area contributed by atoms with Crippen LogP contribution in [0.25, 0.3) is 11.0 Å². The fraction of sp³-hybridized carbons (Fsp3) is 0.522. The van der Waals surface area contributed by atoms with Gasteiger partial charge in [0.05, 0.1) is 18.1 Å². The summed E-state index contributed by atoms with van der Waals surface area (Å²) in [7, 11) is 0. The first-order valence-electron chi connectivity index (χ1n) is 11.3. The van der Waals surface area contributed by atoms with Gasteiger partial charge < -0.3 is 14.5 Å². The molecule has 3 aromatic rings. The second-order valence-corrected chi connectivity index (χ2v) is 9.32. The Hall–Kier alpha value is -1.74. The van der Waals surface area contributed by atoms with Crippen molar-refractivity contribution in [3.05, 3.63) is 45.8 Å². The summed E-state index contributed by atoms with van der Waals surface area (Å²) in [6.07, 6.45) is 3.72. The van der Waals surface area contributed by atoms with Crippen molar-refractivity contribution in [3.8, 4) is 0 Å². The lowest BCUT2D eigenvalue weighted by Gasteiger charge is -2.37. The molecule has 1 aliphatic rings. The first-order valence-corrected chi connectivity index (χ1v) is 12.5. The molecule has 1 atom stereocenters. The quantitative estimate of drug-likeness (QED) is 0.423. The summed E-state index contributed by atoms with van der Waals surface area (Å²) in [5.74, 6) is 1.37. The molecule has 3 heterocycles. The van der Waals surface area contributed by atoms with Gasteiger partial charge in [-0.3, -0.25) is 5.10 Å². The SMILES string of the molecule is CCN(CC)CCO[C@@H](c1ccc(Cl)cc1)C1CCN(c2ncnc3[nH]nc(Br)c23)CC1. The molecule has 0 unspecified atom stereocenters. The van der Waals surface area contributed by atoms with Crippen molar-refractivity contribution in [2.24, 2.45) is 5.92 Å². The fourth-order valence-electron chi connectivity index (χ4n) is 4.47. The summed E-state index contributed by atoms with van der Waals surface area (Å²) in [6.45, 7) is 9.97. The van der Waals surface area contributed by atoms with E-state index in [9.17, 15) is 0 Å². The van der Waals surface area contributed by atoms with Gasteiger partial charge in [0.2, 0.25) is 0 Å². The summed E-state index contributed by atoms with van der Waals surface area (Å²) < 4.78 is 7.26. The van der Waals surface area contributed by atoms with Gasteiger partial charge in [-0.05, 0) is 65.5 Å². The molecular formula is C23H30BrClN6O. The number of piperidine rings is 1. The number of fused-ring (bicyclic) bond motifs is 1. The Morgan fingerprint density at radius 2 is 1.91 bits per heavy atom. The average molecular weight is 522 g/mol. The van der Waals surface area contributed by atoms with E-state index in [1.54, 1.807) is 6.33 Å². The van der Waals surface area contributed by atoms with Gasteiger partial charge in [0.1, 0.15) is 16.7 Å².